The van der Waals surface area contributed by atoms with Crippen molar-refractivity contribution in [2.45, 2.75) is 6.42 Å². The minimum absolute atomic E-state index is 0.0656. The van der Waals surface area contributed by atoms with Gasteiger partial charge in [-0.3, -0.25) is 4.79 Å². The van der Waals surface area contributed by atoms with Crippen LogP contribution in [0.15, 0.2) is 41.8 Å². The molecular formula is C17H10Cl2F2N2OS. The molecule has 0 aliphatic rings. The summed E-state index contributed by atoms with van der Waals surface area (Å²) < 4.78 is 26.3. The molecular weight excluding hydrogens is 389 g/mol. The lowest BCUT2D eigenvalue weighted by Gasteiger charge is -2.04. The van der Waals surface area contributed by atoms with Gasteiger partial charge in [0.2, 0.25) is 5.91 Å². The molecule has 1 N–H and O–H groups in total. The third-order valence-electron chi connectivity index (χ3n) is 3.33. The molecule has 3 rings (SSSR count). The van der Waals surface area contributed by atoms with Crippen molar-refractivity contribution < 1.29 is 13.6 Å². The monoisotopic (exact) mass is 398 g/mol. The van der Waals surface area contributed by atoms with Crippen LogP contribution in [-0.4, -0.2) is 10.9 Å². The number of nitrogens with one attached hydrogen (secondary N) is 1. The number of anilines is 1. The zero-order valence-electron chi connectivity index (χ0n) is 12.5. The fourth-order valence-corrected chi connectivity index (χ4v) is 3.33. The van der Waals surface area contributed by atoms with E-state index in [9.17, 15) is 13.6 Å². The van der Waals surface area contributed by atoms with Crippen LogP contribution in [0.4, 0.5) is 13.9 Å². The maximum atomic E-state index is 13.3. The van der Waals surface area contributed by atoms with Crippen LogP contribution < -0.4 is 5.32 Å². The van der Waals surface area contributed by atoms with Gasteiger partial charge in [0.15, 0.2) is 16.8 Å². The number of hydrogen-bond acceptors (Lipinski definition) is 3. The predicted molar refractivity (Wildman–Crippen MR) is 96.3 cm³/mol. The Hall–Kier alpha value is -2.02. The second-order valence-corrected chi connectivity index (χ2v) is 6.83. The lowest BCUT2D eigenvalue weighted by molar-refractivity contribution is -0.115. The van der Waals surface area contributed by atoms with Gasteiger partial charge in [0.25, 0.3) is 0 Å². The number of aromatic nitrogens is 1. The van der Waals surface area contributed by atoms with Crippen molar-refractivity contribution in [3.8, 4) is 11.3 Å². The van der Waals surface area contributed by atoms with E-state index in [2.05, 4.69) is 10.3 Å². The number of amides is 1. The van der Waals surface area contributed by atoms with Crippen molar-refractivity contribution in [1.82, 2.24) is 4.98 Å². The van der Waals surface area contributed by atoms with Gasteiger partial charge in [-0.25, -0.2) is 13.8 Å². The van der Waals surface area contributed by atoms with Crippen molar-refractivity contribution in [2.75, 3.05) is 5.32 Å². The first-order valence-electron chi connectivity index (χ1n) is 7.07. The normalized spacial score (nSPS) is 10.7. The van der Waals surface area contributed by atoms with Crippen LogP contribution in [0.3, 0.4) is 0 Å². The van der Waals surface area contributed by atoms with E-state index in [0.717, 1.165) is 12.1 Å². The molecule has 0 unspecified atom stereocenters. The minimum atomic E-state index is -0.950. The lowest BCUT2D eigenvalue weighted by atomic mass is 10.1. The van der Waals surface area contributed by atoms with E-state index in [4.69, 9.17) is 23.2 Å². The van der Waals surface area contributed by atoms with Gasteiger partial charge in [-0.15, -0.1) is 11.3 Å². The lowest BCUT2D eigenvalue weighted by Crippen LogP contribution is -2.14. The van der Waals surface area contributed by atoms with Crippen molar-refractivity contribution in [3.63, 3.8) is 0 Å². The van der Waals surface area contributed by atoms with E-state index >= 15 is 0 Å². The summed E-state index contributed by atoms with van der Waals surface area (Å²) in [5, 5.41) is 5.56. The average molecular weight is 399 g/mol. The summed E-state index contributed by atoms with van der Waals surface area (Å²) in [6.45, 7) is 0. The number of thiazole rings is 1. The zero-order chi connectivity index (χ0) is 18.0. The standard InChI is InChI=1S/C17H10Cl2F2N2OS/c18-11-3-1-9(12(19)7-11)6-16(24)23-17-22-15(8-25-17)10-2-4-13(20)14(21)5-10/h1-5,7-8H,6H2,(H,22,23,24). The van der Waals surface area contributed by atoms with Gasteiger partial charge in [0.1, 0.15) is 0 Å². The molecule has 1 amide bonds. The second kappa shape index (κ2) is 7.47. The molecule has 1 aromatic heterocycles. The van der Waals surface area contributed by atoms with Crippen LogP contribution in [0.5, 0.6) is 0 Å². The van der Waals surface area contributed by atoms with E-state index < -0.39 is 11.6 Å². The summed E-state index contributed by atoms with van der Waals surface area (Å²) in [6.07, 6.45) is 0.0656. The van der Waals surface area contributed by atoms with Gasteiger partial charge >= 0.3 is 0 Å². The molecule has 0 radical (unpaired) electrons. The maximum absolute atomic E-state index is 13.3. The SMILES string of the molecule is O=C(Cc1ccc(Cl)cc1Cl)Nc1nc(-c2ccc(F)c(F)c2)cs1. The molecule has 0 spiro atoms. The highest BCUT2D eigenvalue weighted by atomic mass is 35.5. The van der Waals surface area contributed by atoms with Gasteiger partial charge in [-0.1, -0.05) is 29.3 Å². The average Bonchev–Trinajstić information content (AvgIpc) is 3.01. The third-order valence-corrected chi connectivity index (χ3v) is 4.68. The molecule has 2 aromatic carbocycles. The Balaban J connectivity index is 1.70. The molecule has 25 heavy (non-hydrogen) atoms. The van der Waals surface area contributed by atoms with Crippen molar-refractivity contribution in [1.29, 1.82) is 0 Å². The minimum Gasteiger partial charge on any atom is -0.302 e. The number of nitrogens with zero attached hydrogens (tertiary/aromatic N) is 1. The summed E-state index contributed by atoms with van der Waals surface area (Å²) >= 11 is 13.1. The quantitative estimate of drug-likeness (QED) is 0.623. The maximum Gasteiger partial charge on any atom is 0.230 e. The fourth-order valence-electron chi connectivity index (χ4n) is 2.12. The molecule has 3 nitrogen and oxygen atoms in total. The molecule has 128 valence electrons. The van der Waals surface area contributed by atoms with Crippen molar-refractivity contribution >= 4 is 45.6 Å². The largest absolute Gasteiger partial charge is 0.302 e. The molecule has 0 saturated heterocycles. The van der Waals surface area contributed by atoms with Crippen LogP contribution in [0.1, 0.15) is 5.56 Å². The van der Waals surface area contributed by atoms with E-state index in [1.54, 1.807) is 23.6 Å². The second-order valence-electron chi connectivity index (χ2n) is 5.13. The first kappa shape index (κ1) is 17.8. The fraction of sp³-hybridized carbons (Fsp3) is 0.0588. The van der Waals surface area contributed by atoms with E-state index in [0.29, 0.717) is 32.0 Å². The highest BCUT2D eigenvalue weighted by Gasteiger charge is 2.12. The molecule has 0 fully saturated rings. The third kappa shape index (κ3) is 4.34. The number of benzene rings is 2. The summed E-state index contributed by atoms with van der Waals surface area (Å²) in [5.41, 5.74) is 1.51. The first-order valence-corrected chi connectivity index (χ1v) is 8.70. The number of carbonyl (C=O) groups excluding carboxylic acids is 1. The highest BCUT2D eigenvalue weighted by molar-refractivity contribution is 7.14. The van der Waals surface area contributed by atoms with Crippen molar-refractivity contribution in [3.05, 3.63) is 69.0 Å². The highest BCUT2D eigenvalue weighted by Crippen LogP contribution is 2.27. The van der Waals surface area contributed by atoms with Crippen LogP contribution in [0.2, 0.25) is 10.0 Å². The van der Waals surface area contributed by atoms with E-state index in [1.165, 1.54) is 17.4 Å². The van der Waals surface area contributed by atoms with Gasteiger partial charge in [-0.05, 0) is 35.9 Å². The number of halogens is 4. The molecule has 1 heterocycles. The summed E-state index contributed by atoms with van der Waals surface area (Å²) in [7, 11) is 0. The Bertz CT molecular complexity index is 946. The first-order chi connectivity index (χ1) is 11.9. The van der Waals surface area contributed by atoms with Crippen LogP contribution in [0, 0.1) is 11.6 Å². The molecule has 3 aromatic rings. The Morgan fingerprint density at radius 2 is 1.92 bits per heavy atom. The summed E-state index contributed by atoms with van der Waals surface area (Å²) in [6, 6.07) is 8.41. The van der Waals surface area contributed by atoms with Gasteiger partial charge in [0.05, 0.1) is 12.1 Å². The van der Waals surface area contributed by atoms with E-state index in [1.807, 2.05) is 0 Å². The Morgan fingerprint density at radius 3 is 2.64 bits per heavy atom. The van der Waals surface area contributed by atoms with Gasteiger partial charge < -0.3 is 5.32 Å². The number of hydrogen-bond donors (Lipinski definition) is 1. The zero-order valence-corrected chi connectivity index (χ0v) is 14.9. The number of rotatable bonds is 4. The summed E-state index contributed by atoms with van der Waals surface area (Å²) in [5.74, 6) is -2.17. The predicted octanol–water partition coefficient (Wildman–Crippen LogP) is 5.58. The number of carbonyl (C=O) groups is 1. The van der Waals surface area contributed by atoms with E-state index in [-0.39, 0.29) is 12.3 Å². The Labute approximate surface area is 156 Å². The smallest absolute Gasteiger partial charge is 0.230 e. The molecule has 0 aliphatic carbocycles. The van der Waals surface area contributed by atoms with Crippen LogP contribution in [-0.2, 0) is 11.2 Å². The van der Waals surface area contributed by atoms with Gasteiger partial charge in [-0.2, -0.15) is 0 Å². The van der Waals surface area contributed by atoms with Crippen LogP contribution >= 0.6 is 34.5 Å². The Morgan fingerprint density at radius 1 is 1.12 bits per heavy atom. The summed E-state index contributed by atoms with van der Waals surface area (Å²) in [4.78, 5) is 16.3. The molecule has 0 saturated carbocycles. The Kier molecular flexibility index (Phi) is 5.32. The van der Waals surface area contributed by atoms with Crippen molar-refractivity contribution in [2.24, 2.45) is 0 Å². The topological polar surface area (TPSA) is 42.0 Å². The molecule has 0 aliphatic heterocycles. The molecule has 0 atom stereocenters. The molecule has 0 bridgehead atoms. The van der Waals surface area contributed by atoms with Gasteiger partial charge in [0, 0.05) is 21.0 Å². The molecule has 8 heteroatoms. The van der Waals surface area contributed by atoms with Crippen LogP contribution in [0.25, 0.3) is 11.3 Å².